The number of hydrogen-bond donors (Lipinski definition) is 2. The van der Waals surface area contributed by atoms with Gasteiger partial charge < -0.3 is 5.11 Å². The average molecular weight is 275 g/mol. The lowest BCUT2D eigenvalue weighted by Crippen LogP contribution is -2.00. The molecule has 2 rings (SSSR count). The molecular formula is C15H15ClN2O. The Kier molecular flexibility index (Phi) is 4.07. The molecule has 4 heteroatoms. The maximum atomic E-state index is 9.87. The quantitative estimate of drug-likeness (QED) is 0.651. The predicted molar refractivity (Wildman–Crippen MR) is 80.1 cm³/mol. The van der Waals surface area contributed by atoms with E-state index in [-0.39, 0.29) is 5.75 Å². The Morgan fingerprint density at radius 3 is 2.47 bits per heavy atom. The molecular weight excluding hydrogens is 260 g/mol. The molecule has 0 aliphatic heterocycles. The molecule has 0 saturated carbocycles. The third kappa shape index (κ3) is 3.48. The van der Waals surface area contributed by atoms with Crippen molar-refractivity contribution >= 4 is 23.0 Å². The van der Waals surface area contributed by atoms with Crippen LogP contribution in [0.4, 0.5) is 5.69 Å². The summed E-state index contributed by atoms with van der Waals surface area (Å²) in [6, 6.07) is 12.8. The van der Waals surface area contributed by atoms with E-state index in [2.05, 4.69) is 10.5 Å². The highest BCUT2D eigenvalue weighted by atomic mass is 35.5. The molecule has 0 heterocycles. The van der Waals surface area contributed by atoms with Crippen molar-refractivity contribution in [2.45, 2.75) is 13.8 Å². The summed E-state index contributed by atoms with van der Waals surface area (Å²) in [5, 5.41) is 14.8. The lowest BCUT2D eigenvalue weighted by molar-refractivity contribution is 0.473. The Hall–Kier alpha value is -2.00. The number of aryl methyl sites for hydroxylation is 1. The topological polar surface area (TPSA) is 44.6 Å². The van der Waals surface area contributed by atoms with Gasteiger partial charge in [-0.05, 0) is 55.8 Å². The number of anilines is 1. The van der Waals surface area contributed by atoms with Gasteiger partial charge >= 0.3 is 0 Å². The first-order valence-electron chi connectivity index (χ1n) is 5.92. The average Bonchev–Trinajstić information content (AvgIpc) is 2.37. The van der Waals surface area contributed by atoms with Crippen LogP contribution in [0.25, 0.3) is 0 Å². The molecule has 2 N–H and O–H groups in total. The molecule has 2 aromatic rings. The lowest BCUT2D eigenvalue weighted by atomic mass is 10.1. The molecule has 2 aromatic carbocycles. The number of halogens is 1. The Labute approximate surface area is 117 Å². The SMILES string of the molecule is C/C(=N\Nc1ccc(Cl)cc1)c1ccc(C)cc1O. The zero-order valence-electron chi connectivity index (χ0n) is 10.8. The van der Waals surface area contributed by atoms with Crippen molar-refractivity contribution in [3.8, 4) is 5.75 Å². The van der Waals surface area contributed by atoms with E-state index < -0.39 is 0 Å². The van der Waals surface area contributed by atoms with Crippen LogP contribution in [0, 0.1) is 6.92 Å². The molecule has 0 radical (unpaired) electrons. The molecule has 98 valence electrons. The summed E-state index contributed by atoms with van der Waals surface area (Å²) in [6.45, 7) is 3.77. The van der Waals surface area contributed by atoms with E-state index in [4.69, 9.17) is 11.6 Å². The number of phenols is 1. The van der Waals surface area contributed by atoms with Crippen LogP contribution in [0.2, 0.25) is 5.02 Å². The molecule has 19 heavy (non-hydrogen) atoms. The Bertz CT molecular complexity index is 606. The second kappa shape index (κ2) is 5.76. The van der Waals surface area contributed by atoms with E-state index >= 15 is 0 Å². The van der Waals surface area contributed by atoms with Crippen molar-refractivity contribution in [1.29, 1.82) is 0 Å². The van der Waals surface area contributed by atoms with Crippen molar-refractivity contribution < 1.29 is 5.11 Å². The summed E-state index contributed by atoms with van der Waals surface area (Å²) in [5.74, 6) is 0.235. The van der Waals surface area contributed by atoms with Gasteiger partial charge in [0.05, 0.1) is 11.4 Å². The Balaban J connectivity index is 2.16. The summed E-state index contributed by atoms with van der Waals surface area (Å²) in [6.07, 6.45) is 0. The fourth-order valence-electron chi connectivity index (χ4n) is 1.68. The first kappa shape index (κ1) is 13.4. The largest absolute Gasteiger partial charge is 0.507 e. The van der Waals surface area contributed by atoms with Gasteiger partial charge in [0, 0.05) is 10.6 Å². The fraction of sp³-hybridized carbons (Fsp3) is 0.133. The normalized spacial score (nSPS) is 11.4. The molecule has 0 saturated heterocycles. The van der Waals surface area contributed by atoms with Crippen molar-refractivity contribution in [1.82, 2.24) is 0 Å². The maximum Gasteiger partial charge on any atom is 0.124 e. The van der Waals surface area contributed by atoms with Gasteiger partial charge in [-0.15, -0.1) is 0 Å². The highest BCUT2D eigenvalue weighted by Gasteiger charge is 2.04. The van der Waals surface area contributed by atoms with E-state index in [0.29, 0.717) is 16.3 Å². The molecule has 0 bridgehead atoms. The van der Waals surface area contributed by atoms with Crippen LogP contribution < -0.4 is 5.43 Å². The zero-order valence-corrected chi connectivity index (χ0v) is 11.6. The van der Waals surface area contributed by atoms with Crippen molar-refractivity contribution in [3.63, 3.8) is 0 Å². The smallest absolute Gasteiger partial charge is 0.124 e. The highest BCUT2D eigenvalue weighted by molar-refractivity contribution is 6.30. The minimum absolute atomic E-state index is 0.235. The molecule has 0 unspecified atom stereocenters. The first-order valence-corrected chi connectivity index (χ1v) is 6.30. The minimum atomic E-state index is 0.235. The molecule has 0 aromatic heterocycles. The van der Waals surface area contributed by atoms with Gasteiger partial charge in [-0.2, -0.15) is 5.10 Å². The summed E-state index contributed by atoms with van der Waals surface area (Å²) in [5.41, 5.74) is 6.22. The number of nitrogens with zero attached hydrogens (tertiary/aromatic N) is 1. The molecule has 0 amide bonds. The standard InChI is InChI=1S/C15H15ClN2O/c1-10-3-8-14(15(19)9-10)11(2)17-18-13-6-4-12(16)5-7-13/h3-9,18-19H,1-2H3/b17-11+. The van der Waals surface area contributed by atoms with Gasteiger partial charge in [0.1, 0.15) is 5.75 Å². The zero-order chi connectivity index (χ0) is 13.8. The van der Waals surface area contributed by atoms with Crippen LogP contribution in [0.3, 0.4) is 0 Å². The van der Waals surface area contributed by atoms with Crippen LogP contribution in [0.5, 0.6) is 5.75 Å². The number of phenolic OH excluding ortho intramolecular Hbond substituents is 1. The van der Waals surface area contributed by atoms with E-state index in [1.54, 1.807) is 18.2 Å². The third-order valence-corrected chi connectivity index (χ3v) is 2.99. The molecule has 0 aliphatic carbocycles. The third-order valence-electron chi connectivity index (χ3n) is 2.74. The van der Waals surface area contributed by atoms with Gasteiger partial charge in [-0.25, -0.2) is 0 Å². The summed E-state index contributed by atoms with van der Waals surface area (Å²) >= 11 is 5.81. The van der Waals surface area contributed by atoms with Gasteiger partial charge in [0.15, 0.2) is 0 Å². The molecule has 3 nitrogen and oxygen atoms in total. The number of aromatic hydroxyl groups is 1. The monoisotopic (exact) mass is 274 g/mol. The molecule has 0 aliphatic rings. The number of benzene rings is 2. The van der Waals surface area contributed by atoms with Crippen molar-refractivity contribution in [2.75, 3.05) is 5.43 Å². The summed E-state index contributed by atoms with van der Waals surface area (Å²) in [4.78, 5) is 0. The summed E-state index contributed by atoms with van der Waals surface area (Å²) < 4.78 is 0. The van der Waals surface area contributed by atoms with Crippen molar-refractivity contribution in [2.24, 2.45) is 5.10 Å². The van der Waals surface area contributed by atoms with Crippen LogP contribution in [0.15, 0.2) is 47.6 Å². The van der Waals surface area contributed by atoms with Gasteiger partial charge in [0.2, 0.25) is 0 Å². The van der Waals surface area contributed by atoms with Crippen LogP contribution in [0.1, 0.15) is 18.1 Å². The van der Waals surface area contributed by atoms with Crippen LogP contribution >= 0.6 is 11.6 Å². The van der Waals surface area contributed by atoms with Gasteiger partial charge in [-0.3, -0.25) is 5.43 Å². The van der Waals surface area contributed by atoms with Gasteiger partial charge in [0.25, 0.3) is 0 Å². The first-order chi connectivity index (χ1) is 9.06. The van der Waals surface area contributed by atoms with Gasteiger partial charge in [-0.1, -0.05) is 17.7 Å². The predicted octanol–water partition coefficient (Wildman–Crippen LogP) is 4.19. The maximum absolute atomic E-state index is 9.87. The fourth-order valence-corrected chi connectivity index (χ4v) is 1.81. The number of hydrogen-bond acceptors (Lipinski definition) is 3. The summed E-state index contributed by atoms with van der Waals surface area (Å²) in [7, 11) is 0. The second-order valence-electron chi connectivity index (χ2n) is 4.34. The van der Waals surface area contributed by atoms with E-state index in [1.807, 2.05) is 38.1 Å². The van der Waals surface area contributed by atoms with Crippen LogP contribution in [-0.4, -0.2) is 10.8 Å². The molecule has 0 spiro atoms. The lowest BCUT2D eigenvalue weighted by Gasteiger charge is -2.06. The van der Waals surface area contributed by atoms with Crippen LogP contribution in [-0.2, 0) is 0 Å². The number of hydrazone groups is 1. The number of rotatable bonds is 3. The Morgan fingerprint density at radius 1 is 1.16 bits per heavy atom. The van der Waals surface area contributed by atoms with Crippen molar-refractivity contribution in [3.05, 3.63) is 58.6 Å². The Morgan fingerprint density at radius 2 is 1.84 bits per heavy atom. The van der Waals surface area contributed by atoms with E-state index in [9.17, 15) is 5.11 Å². The number of nitrogens with one attached hydrogen (secondary N) is 1. The molecule has 0 atom stereocenters. The second-order valence-corrected chi connectivity index (χ2v) is 4.77. The van der Waals surface area contributed by atoms with E-state index in [0.717, 1.165) is 11.3 Å². The minimum Gasteiger partial charge on any atom is -0.507 e. The highest BCUT2D eigenvalue weighted by Crippen LogP contribution is 2.20. The van der Waals surface area contributed by atoms with E-state index in [1.165, 1.54) is 0 Å². The molecule has 0 fully saturated rings.